The molecule has 0 aliphatic rings. The molecule has 0 radical (unpaired) electrons. The lowest BCUT2D eigenvalue weighted by molar-refractivity contribution is -0.384. The highest BCUT2D eigenvalue weighted by atomic mass is 32.1. The lowest BCUT2D eigenvalue weighted by Crippen LogP contribution is -2.14. The molecule has 1 N–H and O–H groups in total. The molecule has 3 rings (SSSR count). The number of nitro benzene ring substituents is 1. The second-order valence-electron chi connectivity index (χ2n) is 6.36. The van der Waals surface area contributed by atoms with Crippen LogP contribution >= 0.6 is 11.3 Å². The van der Waals surface area contributed by atoms with Crippen molar-refractivity contribution in [1.29, 1.82) is 0 Å². The van der Waals surface area contributed by atoms with Crippen LogP contribution in [0.15, 0.2) is 48.5 Å². The predicted octanol–water partition coefficient (Wildman–Crippen LogP) is 4.98. The van der Waals surface area contributed by atoms with Crippen LogP contribution in [0.2, 0.25) is 0 Å². The predicted molar refractivity (Wildman–Crippen MR) is 112 cm³/mol. The van der Waals surface area contributed by atoms with Gasteiger partial charge in [-0.2, -0.15) is 0 Å². The molecule has 1 heterocycles. The summed E-state index contributed by atoms with van der Waals surface area (Å²) in [6.45, 7) is 3.82. The standard InChI is InChI=1S/C21H18N2O5S/c1-12-7-9-14(10-8-12)17-13(2)29-20(18(17)21(25)28-3)22-19(24)15-5-4-6-16(11-15)23(26)27/h4-11H,1-3H3,(H,22,24). The Kier molecular flexibility index (Phi) is 5.74. The van der Waals surface area contributed by atoms with Gasteiger partial charge in [-0.25, -0.2) is 4.79 Å². The maximum absolute atomic E-state index is 12.7. The molecule has 148 valence electrons. The maximum Gasteiger partial charge on any atom is 0.341 e. The second-order valence-corrected chi connectivity index (χ2v) is 7.58. The number of esters is 1. The van der Waals surface area contributed by atoms with Gasteiger partial charge in [0.15, 0.2) is 0 Å². The Morgan fingerprint density at radius 2 is 1.79 bits per heavy atom. The smallest absolute Gasteiger partial charge is 0.341 e. The molecule has 0 unspecified atom stereocenters. The van der Waals surface area contributed by atoms with E-state index in [4.69, 9.17) is 4.74 Å². The zero-order valence-corrected chi connectivity index (χ0v) is 16.8. The molecule has 0 spiro atoms. The lowest BCUT2D eigenvalue weighted by atomic mass is 10.0. The van der Waals surface area contributed by atoms with E-state index in [1.165, 1.54) is 42.7 Å². The van der Waals surface area contributed by atoms with Gasteiger partial charge >= 0.3 is 5.97 Å². The Hall–Kier alpha value is -3.52. The van der Waals surface area contributed by atoms with Gasteiger partial charge in [0, 0.05) is 28.1 Å². The molecule has 0 atom stereocenters. The van der Waals surface area contributed by atoms with Crippen molar-refractivity contribution in [3.8, 4) is 11.1 Å². The molecule has 1 aromatic heterocycles. The molecule has 1 amide bonds. The number of ether oxygens (including phenoxy) is 1. The summed E-state index contributed by atoms with van der Waals surface area (Å²) in [7, 11) is 1.28. The maximum atomic E-state index is 12.7. The Morgan fingerprint density at radius 3 is 2.41 bits per heavy atom. The van der Waals surface area contributed by atoms with Crippen molar-refractivity contribution in [1.82, 2.24) is 0 Å². The highest BCUT2D eigenvalue weighted by Gasteiger charge is 2.25. The fraction of sp³-hybridized carbons (Fsp3) is 0.143. The number of amides is 1. The third kappa shape index (κ3) is 4.17. The summed E-state index contributed by atoms with van der Waals surface area (Å²) < 4.78 is 4.94. The second kappa shape index (κ2) is 8.24. The molecule has 0 aliphatic carbocycles. The van der Waals surface area contributed by atoms with E-state index in [2.05, 4.69) is 5.32 Å². The van der Waals surface area contributed by atoms with E-state index in [-0.39, 0.29) is 16.8 Å². The number of nitrogens with one attached hydrogen (secondary N) is 1. The summed E-state index contributed by atoms with van der Waals surface area (Å²) in [5.41, 5.74) is 2.81. The molecule has 7 nitrogen and oxygen atoms in total. The van der Waals surface area contributed by atoms with Gasteiger partial charge in [0.05, 0.1) is 12.0 Å². The molecule has 0 saturated heterocycles. The van der Waals surface area contributed by atoms with E-state index in [1.807, 2.05) is 38.1 Å². The third-order valence-electron chi connectivity index (χ3n) is 4.36. The molecule has 29 heavy (non-hydrogen) atoms. The summed E-state index contributed by atoms with van der Waals surface area (Å²) in [6.07, 6.45) is 0. The van der Waals surface area contributed by atoms with E-state index in [9.17, 15) is 19.7 Å². The number of carbonyl (C=O) groups is 2. The summed E-state index contributed by atoms with van der Waals surface area (Å²) in [4.78, 5) is 36.4. The molecule has 0 aliphatic heterocycles. The number of rotatable bonds is 5. The fourth-order valence-corrected chi connectivity index (χ4v) is 3.99. The average molecular weight is 410 g/mol. The summed E-state index contributed by atoms with van der Waals surface area (Å²) >= 11 is 1.25. The van der Waals surface area contributed by atoms with Crippen molar-refractivity contribution in [2.24, 2.45) is 0 Å². The zero-order chi connectivity index (χ0) is 21.1. The first kappa shape index (κ1) is 20.2. The molecule has 0 saturated carbocycles. The van der Waals surface area contributed by atoms with Gasteiger partial charge in [-0.1, -0.05) is 35.9 Å². The van der Waals surface area contributed by atoms with Crippen molar-refractivity contribution in [3.05, 3.63) is 80.2 Å². The highest BCUT2D eigenvalue weighted by molar-refractivity contribution is 7.17. The number of hydrogen-bond acceptors (Lipinski definition) is 6. The van der Waals surface area contributed by atoms with Crippen molar-refractivity contribution >= 4 is 33.9 Å². The van der Waals surface area contributed by atoms with Crippen molar-refractivity contribution in [3.63, 3.8) is 0 Å². The van der Waals surface area contributed by atoms with Crippen LogP contribution in [0.4, 0.5) is 10.7 Å². The number of methoxy groups -OCH3 is 1. The number of aryl methyl sites for hydroxylation is 2. The summed E-state index contributed by atoms with van der Waals surface area (Å²) in [6, 6.07) is 13.1. The monoisotopic (exact) mass is 410 g/mol. The molecule has 2 aromatic carbocycles. The highest BCUT2D eigenvalue weighted by Crippen LogP contribution is 2.40. The quantitative estimate of drug-likeness (QED) is 0.363. The number of benzene rings is 2. The van der Waals surface area contributed by atoms with Crippen LogP contribution in [0.25, 0.3) is 11.1 Å². The van der Waals surface area contributed by atoms with Crippen LogP contribution in [-0.4, -0.2) is 23.9 Å². The third-order valence-corrected chi connectivity index (χ3v) is 5.38. The topological polar surface area (TPSA) is 98.5 Å². The van der Waals surface area contributed by atoms with E-state index >= 15 is 0 Å². The first-order chi connectivity index (χ1) is 13.8. The van der Waals surface area contributed by atoms with Gasteiger partial charge < -0.3 is 10.1 Å². The number of anilines is 1. The number of hydrogen-bond donors (Lipinski definition) is 1. The molecular formula is C21H18N2O5S. The zero-order valence-electron chi connectivity index (χ0n) is 16.0. The molecule has 0 fully saturated rings. The molecule has 0 bridgehead atoms. The minimum absolute atomic E-state index is 0.123. The Bertz CT molecular complexity index is 1100. The van der Waals surface area contributed by atoms with E-state index in [0.717, 1.165) is 16.0 Å². The number of thiophene rings is 1. The fourth-order valence-electron chi connectivity index (χ4n) is 2.93. The Balaban J connectivity index is 2.03. The van der Waals surface area contributed by atoms with Crippen LogP contribution < -0.4 is 5.32 Å². The van der Waals surface area contributed by atoms with Crippen molar-refractivity contribution in [2.75, 3.05) is 12.4 Å². The Morgan fingerprint density at radius 1 is 1.10 bits per heavy atom. The van der Waals surface area contributed by atoms with Gasteiger partial charge in [-0.3, -0.25) is 14.9 Å². The average Bonchev–Trinajstić information content (AvgIpc) is 3.03. The van der Waals surface area contributed by atoms with Crippen molar-refractivity contribution in [2.45, 2.75) is 13.8 Å². The van der Waals surface area contributed by atoms with Gasteiger partial charge in [-0.05, 0) is 25.5 Å². The van der Waals surface area contributed by atoms with Gasteiger partial charge in [0.2, 0.25) is 0 Å². The Labute approximate surface area is 171 Å². The number of nitrogens with zero attached hydrogens (tertiary/aromatic N) is 1. The normalized spacial score (nSPS) is 10.4. The van der Waals surface area contributed by atoms with Gasteiger partial charge in [-0.15, -0.1) is 11.3 Å². The molecule has 3 aromatic rings. The number of non-ortho nitro benzene ring substituents is 1. The molecule has 8 heteroatoms. The summed E-state index contributed by atoms with van der Waals surface area (Å²) in [5, 5.41) is 14.0. The van der Waals surface area contributed by atoms with Crippen LogP contribution in [-0.2, 0) is 4.74 Å². The van der Waals surface area contributed by atoms with E-state index < -0.39 is 16.8 Å². The van der Waals surface area contributed by atoms with Crippen LogP contribution in [0.3, 0.4) is 0 Å². The summed E-state index contributed by atoms with van der Waals surface area (Å²) in [5.74, 6) is -1.12. The van der Waals surface area contributed by atoms with Gasteiger partial charge in [0.25, 0.3) is 11.6 Å². The largest absolute Gasteiger partial charge is 0.465 e. The number of nitro groups is 1. The minimum Gasteiger partial charge on any atom is -0.465 e. The first-order valence-electron chi connectivity index (χ1n) is 8.66. The first-order valence-corrected chi connectivity index (χ1v) is 9.48. The molecular weight excluding hydrogens is 392 g/mol. The van der Waals surface area contributed by atoms with Gasteiger partial charge in [0.1, 0.15) is 10.6 Å². The van der Waals surface area contributed by atoms with Crippen LogP contribution in [0.1, 0.15) is 31.2 Å². The number of carbonyl (C=O) groups excluding carboxylic acids is 2. The minimum atomic E-state index is -0.570. The van der Waals surface area contributed by atoms with E-state index in [0.29, 0.717) is 10.6 Å². The van der Waals surface area contributed by atoms with E-state index in [1.54, 1.807) is 0 Å². The van der Waals surface area contributed by atoms with Crippen molar-refractivity contribution < 1.29 is 19.2 Å². The lowest BCUT2D eigenvalue weighted by Gasteiger charge is -2.08. The van der Waals surface area contributed by atoms with Crippen LogP contribution in [0, 0.1) is 24.0 Å². The van der Waals surface area contributed by atoms with Crippen LogP contribution in [0.5, 0.6) is 0 Å². The SMILES string of the molecule is COC(=O)c1c(NC(=O)c2cccc([N+](=O)[O-])c2)sc(C)c1-c1ccc(C)cc1.